The minimum Gasteiger partial charge on any atom is -0.445 e. The van der Waals surface area contributed by atoms with Crippen molar-refractivity contribution in [1.82, 2.24) is 20.4 Å². The Labute approximate surface area is 263 Å². The van der Waals surface area contributed by atoms with E-state index in [1.54, 1.807) is 28.9 Å². The molecule has 4 amide bonds. The first-order valence-electron chi connectivity index (χ1n) is 15.1. The fourth-order valence-electron chi connectivity index (χ4n) is 5.66. The predicted molar refractivity (Wildman–Crippen MR) is 165 cm³/mol. The summed E-state index contributed by atoms with van der Waals surface area (Å²) in [7, 11) is 0. The third kappa shape index (κ3) is 9.17. The third-order valence-electron chi connectivity index (χ3n) is 8.19. The van der Waals surface area contributed by atoms with Crippen LogP contribution in [-0.4, -0.2) is 78.5 Å². The van der Waals surface area contributed by atoms with Gasteiger partial charge < -0.3 is 35.6 Å². The van der Waals surface area contributed by atoms with Gasteiger partial charge in [0.15, 0.2) is 0 Å². The molecule has 2 fully saturated rings. The zero-order chi connectivity index (χ0) is 31.5. The Kier molecular flexibility index (Phi) is 12.4. The van der Waals surface area contributed by atoms with E-state index >= 15 is 0 Å². The second-order valence-electron chi connectivity index (χ2n) is 11.2. The lowest BCUT2D eigenvalue weighted by Crippen LogP contribution is -2.52. The van der Waals surface area contributed by atoms with Crippen LogP contribution in [0.3, 0.4) is 0 Å². The van der Waals surface area contributed by atoms with E-state index in [4.69, 9.17) is 26.8 Å². The van der Waals surface area contributed by atoms with Crippen LogP contribution in [0.5, 0.6) is 0 Å². The van der Waals surface area contributed by atoms with Gasteiger partial charge in [0.1, 0.15) is 12.6 Å². The van der Waals surface area contributed by atoms with Crippen molar-refractivity contribution in [1.29, 1.82) is 0 Å². The van der Waals surface area contributed by atoms with E-state index in [1.165, 1.54) is 0 Å². The number of nitrogens with two attached hydrogens (primary N) is 1. The summed E-state index contributed by atoms with van der Waals surface area (Å²) in [5.74, 6) is -1.36. The van der Waals surface area contributed by atoms with E-state index in [1.807, 2.05) is 36.4 Å². The van der Waals surface area contributed by atoms with Gasteiger partial charge in [0, 0.05) is 50.2 Å². The lowest BCUT2D eigenvalue weighted by atomic mass is 9.93. The van der Waals surface area contributed by atoms with Gasteiger partial charge >= 0.3 is 6.09 Å². The number of hydrogen-bond donors (Lipinski definition) is 3. The number of benzene rings is 2. The highest BCUT2D eigenvalue weighted by Gasteiger charge is 2.39. The lowest BCUT2D eigenvalue weighted by molar-refractivity contribution is -0.143. The van der Waals surface area contributed by atoms with Crippen LogP contribution in [0, 0.1) is 5.92 Å². The minimum absolute atomic E-state index is 0.0714. The van der Waals surface area contributed by atoms with Crippen molar-refractivity contribution in [3.8, 4) is 0 Å². The van der Waals surface area contributed by atoms with Crippen LogP contribution in [0.15, 0.2) is 48.5 Å². The summed E-state index contributed by atoms with van der Waals surface area (Å²) in [4.78, 5) is 56.4. The third-order valence-corrected chi connectivity index (χ3v) is 8.43. The summed E-state index contributed by atoms with van der Waals surface area (Å²) in [5, 5.41) is 6.28. The van der Waals surface area contributed by atoms with Gasteiger partial charge in [-0.2, -0.15) is 0 Å². The van der Waals surface area contributed by atoms with Crippen LogP contribution < -0.4 is 16.4 Å². The molecule has 2 aliphatic rings. The molecule has 0 spiro atoms. The molecule has 0 aliphatic carbocycles. The molecule has 4 N–H and O–H groups in total. The molecule has 0 radical (unpaired) electrons. The number of halogens is 1. The predicted octanol–water partition coefficient (Wildman–Crippen LogP) is 2.98. The molecule has 4 rings (SSSR count). The number of rotatable bonds is 12. The first-order valence-corrected chi connectivity index (χ1v) is 15.5. The number of carbonyl (C=O) groups excluding carboxylic acids is 4. The molecule has 0 bridgehead atoms. The fourth-order valence-corrected chi connectivity index (χ4v) is 5.86. The molecular weight excluding hydrogens is 586 g/mol. The van der Waals surface area contributed by atoms with Gasteiger partial charge in [0.25, 0.3) is 0 Å². The Balaban J connectivity index is 1.42. The van der Waals surface area contributed by atoms with Crippen LogP contribution in [0.2, 0.25) is 5.02 Å². The average Bonchev–Trinajstić information content (AvgIpc) is 3.54. The first-order chi connectivity index (χ1) is 21.3. The summed E-state index contributed by atoms with van der Waals surface area (Å²) < 4.78 is 10.7. The highest BCUT2D eigenvalue weighted by molar-refractivity contribution is 6.30. The minimum atomic E-state index is -0.741. The number of hydrogen-bond acceptors (Lipinski definition) is 7. The number of alkyl carbamates (subject to hydrolysis) is 1. The zero-order valence-corrected chi connectivity index (χ0v) is 25.9. The number of amides is 4. The monoisotopic (exact) mass is 627 g/mol. The van der Waals surface area contributed by atoms with Crippen LogP contribution >= 0.6 is 11.6 Å². The number of nitrogens with zero attached hydrogens (tertiary/aromatic N) is 2. The van der Waals surface area contributed by atoms with Crippen molar-refractivity contribution in [2.24, 2.45) is 11.7 Å². The largest absolute Gasteiger partial charge is 0.445 e. The molecule has 2 heterocycles. The molecule has 2 saturated heterocycles. The molecule has 0 aromatic heterocycles. The number of nitrogens with one attached hydrogen (secondary N) is 2. The molecule has 238 valence electrons. The zero-order valence-electron chi connectivity index (χ0n) is 25.1. The van der Waals surface area contributed by atoms with Crippen LogP contribution in [-0.2, 0) is 43.6 Å². The highest BCUT2D eigenvalue weighted by Crippen LogP contribution is 2.25. The van der Waals surface area contributed by atoms with Gasteiger partial charge in [0.05, 0.1) is 19.1 Å². The maximum atomic E-state index is 14.0. The lowest BCUT2D eigenvalue weighted by Gasteiger charge is -2.32. The number of likely N-dealkylation sites (tertiary alicyclic amines) is 1. The van der Waals surface area contributed by atoms with Crippen LogP contribution in [0.1, 0.15) is 49.3 Å². The van der Waals surface area contributed by atoms with Gasteiger partial charge in [-0.25, -0.2) is 4.79 Å². The summed E-state index contributed by atoms with van der Waals surface area (Å²) >= 11 is 6.16. The van der Waals surface area contributed by atoms with E-state index in [9.17, 15) is 19.2 Å². The van der Waals surface area contributed by atoms with E-state index in [-0.39, 0.29) is 43.7 Å². The van der Waals surface area contributed by atoms with E-state index in [0.29, 0.717) is 57.3 Å². The topological polar surface area (TPSA) is 143 Å². The SMILES string of the molecule is C[C@@H](NC(=O)OCc1ccccc1)[C@H](CCC(=O)N1CCOCC1)C(=O)N1CCC[C@H]1C(=O)NCc1cc(Cl)ccc1CN. The maximum Gasteiger partial charge on any atom is 0.407 e. The van der Waals surface area contributed by atoms with E-state index in [2.05, 4.69) is 10.6 Å². The molecular formula is C32H42ClN5O6. The van der Waals surface area contributed by atoms with Crippen molar-refractivity contribution in [3.05, 3.63) is 70.2 Å². The van der Waals surface area contributed by atoms with Crippen molar-refractivity contribution < 1.29 is 28.7 Å². The number of ether oxygens (including phenoxy) is 2. The van der Waals surface area contributed by atoms with Crippen molar-refractivity contribution >= 4 is 35.4 Å². The second kappa shape index (κ2) is 16.4. The standard InChI is InChI=1S/C32H42ClN5O6/c1-22(36-32(42)44-21-23-6-3-2-4-7-23)27(11-12-29(39)37-14-16-43-17-15-37)31(41)38-13-5-8-28(38)30(40)35-20-25-18-26(33)10-9-24(25)19-34/h2-4,6-7,9-10,18,22,27-28H,5,8,11-17,19-21,34H2,1H3,(H,35,40)(H,36,42)/t22-,27+,28+/m1/s1. The molecule has 11 nitrogen and oxygen atoms in total. The first kappa shape index (κ1) is 33.2. The summed E-state index contributed by atoms with van der Waals surface area (Å²) in [6.45, 7) is 4.71. The molecule has 0 saturated carbocycles. The van der Waals surface area contributed by atoms with Crippen LogP contribution in [0.4, 0.5) is 4.79 Å². The summed E-state index contributed by atoms with van der Waals surface area (Å²) in [6, 6.07) is 13.3. The van der Waals surface area contributed by atoms with Gasteiger partial charge in [-0.05, 0) is 55.0 Å². The van der Waals surface area contributed by atoms with Crippen molar-refractivity contribution in [3.63, 3.8) is 0 Å². The second-order valence-corrected chi connectivity index (χ2v) is 11.6. The molecule has 2 aliphatic heterocycles. The highest BCUT2D eigenvalue weighted by atomic mass is 35.5. The Bertz CT molecular complexity index is 1290. The fraction of sp³-hybridized carbons (Fsp3) is 0.500. The van der Waals surface area contributed by atoms with Crippen molar-refractivity contribution in [2.45, 2.75) is 64.4 Å². The quantitative estimate of drug-likeness (QED) is 0.328. The molecule has 12 heteroatoms. The number of carbonyl (C=O) groups is 4. The summed E-state index contributed by atoms with van der Waals surface area (Å²) in [6.07, 6.45) is 0.851. The summed E-state index contributed by atoms with van der Waals surface area (Å²) in [5.41, 5.74) is 8.38. The molecule has 2 aromatic carbocycles. The van der Waals surface area contributed by atoms with Gasteiger partial charge in [0.2, 0.25) is 17.7 Å². The smallest absolute Gasteiger partial charge is 0.407 e. The van der Waals surface area contributed by atoms with Gasteiger partial charge in [-0.3, -0.25) is 14.4 Å². The Morgan fingerprint density at radius 3 is 2.55 bits per heavy atom. The van der Waals surface area contributed by atoms with E-state index in [0.717, 1.165) is 16.7 Å². The maximum absolute atomic E-state index is 14.0. The molecule has 44 heavy (non-hydrogen) atoms. The molecule has 2 aromatic rings. The van der Waals surface area contributed by atoms with Crippen LogP contribution in [0.25, 0.3) is 0 Å². The Hall–Kier alpha value is -3.67. The van der Waals surface area contributed by atoms with Gasteiger partial charge in [-0.15, -0.1) is 0 Å². The number of morpholine rings is 1. The van der Waals surface area contributed by atoms with Gasteiger partial charge in [-0.1, -0.05) is 48.0 Å². The molecule has 0 unspecified atom stereocenters. The average molecular weight is 628 g/mol. The van der Waals surface area contributed by atoms with Crippen molar-refractivity contribution in [2.75, 3.05) is 32.8 Å². The normalized spacial score (nSPS) is 17.9. The Morgan fingerprint density at radius 2 is 1.82 bits per heavy atom. The van der Waals surface area contributed by atoms with E-state index < -0.39 is 24.1 Å². The molecule has 3 atom stereocenters. The Morgan fingerprint density at radius 1 is 1.07 bits per heavy atom.